The van der Waals surface area contributed by atoms with Gasteiger partial charge in [-0.3, -0.25) is 0 Å². The summed E-state index contributed by atoms with van der Waals surface area (Å²) in [6, 6.07) is 18.3. The summed E-state index contributed by atoms with van der Waals surface area (Å²) in [4.78, 5) is 0. The minimum Gasteiger partial charge on any atom is -0.0728 e. The Hall–Kier alpha value is -2.08. The maximum absolute atomic E-state index is 2.62. The van der Waals surface area contributed by atoms with Gasteiger partial charge >= 0.3 is 0 Å². The predicted octanol–water partition coefficient (Wildman–Crippen LogP) is 6.56. The molecule has 2 aromatic carbocycles. The Labute approximate surface area is 150 Å². The van der Waals surface area contributed by atoms with Crippen LogP contribution in [0.15, 0.2) is 60.7 Å². The number of hydrogen-bond donors (Lipinski definition) is 0. The first kappa shape index (κ1) is 14.1. The van der Waals surface area contributed by atoms with Crippen molar-refractivity contribution in [1.29, 1.82) is 0 Å². The van der Waals surface area contributed by atoms with Gasteiger partial charge in [0, 0.05) is 11.8 Å². The standard InChI is InChI=1S/C25H24/c1-3-7-22-20(5-1)18(14-24(22)16-9-10-16)13-19-15-25(17-11-12-17)23-8-4-2-6-21(19)23/h1-8,14-19H,9-13H2. The molecule has 0 radical (unpaired) electrons. The van der Waals surface area contributed by atoms with Crippen LogP contribution in [0, 0.1) is 11.8 Å². The molecule has 0 heterocycles. The lowest BCUT2D eigenvalue weighted by atomic mass is 9.87. The lowest BCUT2D eigenvalue weighted by molar-refractivity contribution is 0.685. The van der Waals surface area contributed by atoms with Gasteiger partial charge in [-0.25, -0.2) is 0 Å². The number of rotatable bonds is 4. The predicted molar refractivity (Wildman–Crippen MR) is 104 cm³/mol. The van der Waals surface area contributed by atoms with E-state index in [0.717, 1.165) is 11.8 Å². The molecule has 2 aromatic rings. The SMILES string of the molecule is C1=C(C2CC2)c2ccccc2C1CC1C=C(C2CC2)c2ccccc21. The molecule has 0 heteroatoms. The Bertz CT molecular complexity index is 830. The number of fused-ring (bicyclic) bond motifs is 2. The van der Waals surface area contributed by atoms with Crippen LogP contribution in [-0.2, 0) is 0 Å². The minimum atomic E-state index is 0.597. The zero-order chi connectivity index (χ0) is 16.4. The van der Waals surface area contributed by atoms with Gasteiger partial charge in [0.2, 0.25) is 0 Å². The second kappa shape index (κ2) is 5.21. The van der Waals surface area contributed by atoms with Gasteiger partial charge in [0.05, 0.1) is 0 Å². The van der Waals surface area contributed by atoms with Crippen molar-refractivity contribution in [3.05, 3.63) is 82.9 Å². The fourth-order valence-corrected chi connectivity index (χ4v) is 5.12. The van der Waals surface area contributed by atoms with Gasteiger partial charge in [-0.2, -0.15) is 0 Å². The fourth-order valence-electron chi connectivity index (χ4n) is 5.12. The van der Waals surface area contributed by atoms with Gasteiger partial charge in [-0.05, 0) is 77.3 Å². The first-order valence-corrected chi connectivity index (χ1v) is 10.0. The van der Waals surface area contributed by atoms with Gasteiger partial charge in [0.15, 0.2) is 0 Å². The molecule has 0 aliphatic heterocycles. The Morgan fingerprint density at radius 1 is 0.600 bits per heavy atom. The van der Waals surface area contributed by atoms with Crippen molar-refractivity contribution in [2.45, 2.75) is 43.9 Å². The van der Waals surface area contributed by atoms with Crippen LogP contribution in [0.2, 0.25) is 0 Å². The van der Waals surface area contributed by atoms with Crippen LogP contribution in [0.3, 0.4) is 0 Å². The summed E-state index contributed by atoms with van der Waals surface area (Å²) >= 11 is 0. The van der Waals surface area contributed by atoms with E-state index in [0.29, 0.717) is 11.8 Å². The first-order valence-electron chi connectivity index (χ1n) is 10.0. The second-order valence-corrected chi connectivity index (χ2v) is 8.42. The topological polar surface area (TPSA) is 0 Å². The summed E-state index contributed by atoms with van der Waals surface area (Å²) in [5, 5.41) is 0. The molecule has 2 saturated carbocycles. The van der Waals surface area contributed by atoms with Gasteiger partial charge in [0.25, 0.3) is 0 Å². The molecule has 124 valence electrons. The molecular weight excluding hydrogens is 300 g/mol. The van der Waals surface area contributed by atoms with Crippen LogP contribution in [0.1, 0.15) is 66.2 Å². The van der Waals surface area contributed by atoms with E-state index in [2.05, 4.69) is 60.7 Å². The number of hydrogen-bond acceptors (Lipinski definition) is 0. The highest BCUT2D eigenvalue weighted by atomic mass is 14.4. The number of allylic oxidation sites excluding steroid dienone is 4. The molecule has 6 rings (SSSR count). The largest absolute Gasteiger partial charge is 0.0728 e. The summed E-state index contributed by atoms with van der Waals surface area (Å²) in [6.45, 7) is 0. The second-order valence-electron chi connectivity index (χ2n) is 8.42. The van der Waals surface area contributed by atoms with Gasteiger partial charge in [0.1, 0.15) is 0 Å². The summed E-state index contributed by atoms with van der Waals surface area (Å²) in [5.74, 6) is 2.89. The molecule has 2 fully saturated rings. The van der Waals surface area contributed by atoms with Crippen molar-refractivity contribution < 1.29 is 0 Å². The summed E-state index contributed by atoms with van der Waals surface area (Å²) in [5.41, 5.74) is 9.56. The van der Waals surface area contributed by atoms with E-state index in [-0.39, 0.29) is 0 Å². The van der Waals surface area contributed by atoms with Crippen LogP contribution < -0.4 is 0 Å². The Morgan fingerprint density at radius 2 is 1.04 bits per heavy atom. The molecule has 4 aliphatic carbocycles. The van der Waals surface area contributed by atoms with E-state index >= 15 is 0 Å². The van der Waals surface area contributed by atoms with Crippen LogP contribution in [0.4, 0.5) is 0 Å². The highest BCUT2D eigenvalue weighted by Gasteiger charge is 2.37. The molecule has 2 atom stereocenters. The molecule has 2 unspecified atom stereocenters. The highest BCUT2D eigenvalue weighted by molar-refractivity contribution is 5.79. The summed E-state index contributed by atoms with van der Waals surface area (Å²) in [6.07, 6.45) is 12.0. The van der Waals surface area contributed by atoms with Crippen molar-refractivity contribution in [3.8, 4) is 0 Å². The van der Waals surface area contributed by atoms with Crippen molar-refractivity contribution in [3.63, 3.8) is 0 Å². The molecule has 25 heavy (non-hydrogen) atoms. The monoisotopic (exact) mass is 324 g/mol. The minimum absolute atomic E-state index is 0.597. The van der Waals surface area contributed by atoms with E-state index in [1.54, 1.807) is 33.4 Å². The lowest BCUT2D eigenvalue weighted by Gasteiger charge is -2.16. The highest BCUT2D eigenvalue weighted by Crippen LogP contribution is 2.54. The van der Waals surface area contributed by atoms with E-state index in [1.807, 2.05) is 0 Å². The maximum Gasteiger partial charge on any atom is 0.00389 e. The van der Waals surface area contributed by atoms with Crippen LogP contribution in [0.5, 0.6) is 0 Å². The molecule has 0 bridgehead atoms. The van der Waals surface area contributed by atoms with Gasteiger partial charge in [-0.1, -0.05) is 60.7 Å². The molecule has 0 N–H and O–H groups in total. The molecule has 0 aromatic heterocycles. The average molecular weight is 324 g/mol. The Morgan fingerprint density at radius 3 is 1.48 bits per heavy atom. The normalized spacial score (nSPS) is 26.9. The van der Waals surface area contributed by atoms with E-state index in [9.17, 15) is 0 Å². The first-order chi connectivity index (χ1) is 12.4. The van der Waals surface area contributed by atoms with Gasteiger partial charge in [-0.15, -0.1) is 0 Å². The molecular formula is C25H24. The summed E-state index contributed by atoms with van der Waals surface area (Å²) in [7, 11) is 0. The Kier molecular flexibility index (Phi) is 2.94. The third kappa shape index (κ3) is 2.27. The van der Waals surface area contributed by atoms with Crippen molar-refractivity contribution >= 4 is 11.1 Å². The van der Waals surface area contributed by atoms with Crippen molar-refractivity contribution in [1.82, 2.24) is 0 Å². The smallest absolute Gasteiger partial charge is 0.00389 e. The third-order valence-electron chi connectivity index (χ3n) is 6.65. The average Bonchev–Trinajstić information content (AvgIpc) is 3.58. The molecule has 0 nitrogen and oxygen atoms in total. The number of benzene rings is 2. The van der Waals surface area contributed by atoms with Crippen LogP contribution in [0.25, 0.3) is 11.1 Å². The fraction of sp³-hybridized carbons (Fsp3) is 0.360. The summed E-state index contributed by atoms with van der Waals surface area (Å²) < 4.78 is 0. The van der Waals surface area contributed by atoms with Crippen LogP contribution >= 0.6 is 0 Å². The van der Waals surface area contributed by atoms with E-state index in [4.69, 9.17) is 0 Å². The molecule has 0 saturated heterocycles. The third-order valence-corrected chi connectivity index (χ3v) is 6.65. The maximum atomic E-state index is 2.62. The quantitative estimate of drug-likeness (QED) is 0.597. The lowest BCUT2D eigenvalue weighted by Crippen LogP contribution is -2.00. The zero-order valence-electron chi connectivity index (χ0n) is 14.6. The Balaban J connectivity index is 1.36. The van der Waals surface area contributed by atoms with Crippen LogP contribution in [-0.4, -0.2) is 0 Å². The molecule has 4 aliphatic rings. The van der Waals surface area contributed by atoms with E-state index in [1.165, 1.54) is 32.1 Å². The molecule has 0 amide bonds. The zero-order valence-corrected chi connectivity index (χ0v) is 14.6. The van der Waals surface area contributed by atoms with Crippen molar-refractivity contribution in [2.24, 2.45) is 11.8 Å². The molecule has 0 spiro atoms. The van der Waals surface area contributed by atoms with Crippen molar-refractivity contribution in [2.75, 3.05) is 0 Å². The van der Waals surface area contributed by atoms with Gasteiger partial charge < -0.3 is 0 Å². The van der Waals surface area contributed by atoms with E-state index < -0.39 is 0 Å².